The molecular formula is C17H24N4O2. The Hall–Kier alpha value is -2.37. The number of alkyl carbamates (subject to hydrolysis) is 1. The summed E-state index contributed by atoms with van der Waals surface area (Å²) in [6.45, 7) is 8.75. The molecule has 0 saturated carbocycles. The molecule has 0 aromatic carbocycles. The van der Waals surface area contributed by atoms with Crippen molar-refractivity contribution >= 4 is 6.09 Å². The van der Waals surface area contributed by atoms with E-state index in [-0.39, 0.29) is 0 Å². The van der Waals surface area contributed by atoms with Crippen molar-refractivity contribution in [2.45, 2.75) is 46.3 Å². The van der Waals surface area contributed by atoms with Crippen LogP contribution in [0.5, 0.6) is 0 Å². The van der Waals surface area contributed by atoms with Crippen LogP contribution in [-0.2, 0) is 17.7 Å². The maximum atomic E-state index is 11.6. The van der Waals surface area contributed by atoms with E-state index in [0.717, 1.165) is 17.0 Å². The zero-order valence-corrected chi connectivity index (χ0v) is 14.2. The van der Waals surface area contributed by atoms with Gasteiger partial charge in [0.25, 0.3) is 0 Å². The molecule has 0 aliphatic heterocycles. The molecule has 1 amide bonds. The Balaban J connectivity index is 1.89. The second kappa shape index (κ2) is 7.26. The summed E-state index contributed by atoms with van der Waals surface area (Å²) in [4.78, 5) is 20.2. The number of ether oxygens (including phenoxy) is 1. The maximum absolute atomic E-state index is 11.6. The molecule has 124 valence electrons. The van der Waals surface area contributed by atoms with Gasteiger partial charge in [-0.05, 0) is 39.3 Å². The first kappa shape index (κ1) is 17.0. The standard InChI is InChI=1S/C17H24N4O2/c1-13-6-5-8-19-15(13)11-21-12-18-10-14(21)7-9-20-16(22)23-17(2,3)4/h5-6,8,10,12H,7,9,11H2,1-4H3,(H,20,22). The Morgan fingerprint density at radius 2 is 2.17 bits per heavy atom. The monoisotopic (exact) mass is 316 g/mol. The van der Waals surface area contributed by atoms with E-state index in [4.69, 9.17) is 4.74 Å². The van der Waals surface area contributed by atoms with Crippen LogP contribution in [0.3, 0.4) is 0 Å². The summed E-state index contributed by atoms with van der Waals surface area (Å²) in [5.74, 6) is 0. The molecule has 0 aliphatic carbocycles. The first-order valence-electron chi connectivity index (χ1n) is 7.71. The van der Waals surface area contributed by atoms with Crippen molar-refractivity contribution < 1.29 is 9.53 Å². The van der Waals surface area contributed by atoms with Crippen LogP contribution in [0.2, 0.25) is 0 Å². The smallest absolute Gasteiger partial charge is 0.407 e. The number of hydrogen-bond acceptors (Lipinski definition) is 4. The van der Waals surface area contributed by atoms with E-state index in [0.29, 0.717) is 19.5 Å². The highest BCUT2D eigenvalue weighted by molar-refractivity contribution is 5.67. The summed E-state index contributed by atoms with van der Waals surface area (Å²) in [6.07, 6.45) is 5.68. The third-order valence-corrected chi connectivity index (χ3v) is 3.29. The molecule has 0 spiro atoms. The van der Waals surface area contributed by atoms with Gasteiger partial charge >= 0.3 is 6.09 Å². The molecule has 6 heteroatoms. The molecule has 0 fully saturated rings. The van der Waals surface area contributed by atoms with Crippen molar-refractivity contribution in [1.29, 1.82) is 0 Å². The summed E-state index contributed by atoms with van der Waals surface area (Å²) >= 11 is 0. The third kappa shape index (κ3) is 5.39. The molecule has 2 rings (SSSR count). The predicted molar refractivity (Wildman–Crippen MR) is 88.2 cm³/mol. The van der Waals surface area contributed by atoms with Gasteiger partial charge in [0.2, 0.25) is 0 Å². The number of amides is 1. The van der Waals surface area contributed by atoms with Crippen LogP contribution in [0.15, 0.2) is 30.9 Å². The molecule has 2 aromatic heterocycles. The van der Waals surface area contributed by atoms with Gasteiger partial charge in [-0.1, -0.05) is 6.07 Å². The predicted octanol–water partition coefficient (Wildman–Crippen LogP) is 2.70. The number of imidazole rings is 1. The van der Waals surface area contributed by atoms with Crippen LogP contribution in [0.4, 0.5) is 4.79 Å². The SMILES string of the molecule is Cc1cccnc1Cn1cncc1CCNC(=O)OC(C)(C)C. The van der Waals surface area contributed by atoms with Gasteiger partial charge in [0.05, 0.1) is 18.6 Å². The molecule has 0 bridgehead atoms. The molecule has 0 atom stereocenters. The minimum absolute atomic E-state index is 0.399. The van der Waals surface area contributed by atoms with Crippen molar-refractivity contribution in [2.75, 3.05) is 6.54 Å². The highest BCUT2D eigenvalue weighted by atomic mass is 16.6. The first-order chi connectivity index (χ1) is 10.8. The number of carbonyl (C=O) groups is 1. The van der Waals surface area contributed by atoms with Crippen molar-refractivity contribution in [3.8, 4) is 0 Å². The molecular weight excluding hydrogens is 292 g/mol. The lowest BCUT2D eigenvalue weighted by molar-refractivity contribution is 0.0528. The first-order valence-corrected chi connectivity index (χ1v) is 7.71. The number of nitrogens with one attached hydrogen (secondary N) is 1. The van der Waals surface area contributed by atoms with Gasteiger partial charge < -0.3 is 14.6 Å². The van der Waals surface area contributed by atoms with E-state index in [2.05, 4.69) is 15.3 Å². The van der Waals surface area contributed by atoms with E-state index < -0.39 is 11.7 Å². The van der Waals surface area contributed by atoms with Gasteiger partial charge in [-0.15, -0.1) is 0 Å². The Kier molecular flexibility index (Phi) is 5.36. The maximum Gasteiger partial charge on any atom is 0.407 e. The lowest BCUT2D eigenvalue weighted by Gasteiger charge is -2.19. The van der Waals surface area contributed by atoms with Gasteiger partial charge in [0.15, 0.2) is 0 Å². The number of aryl methyl sites for hydroxylation is 1. The zero-order chi connectivity index (χ0) is 16.9. The fourth-order valence-electron chi connectivity index (χ4n) is 2.15. The van der Waals surface area contributed by atoms with Gasteiger partial charge in [0, 0.05) is 31.1 Å². The Bertz CT molecular complexity index is 659. The minimum Gasteiger partial charge on any atom is -0.444 e. The van der Waals surface area contributed by atoms with E-state index in [9.17, 15) is 4.79 Å². The average molecular weight is 316 g/mol. The molecule has 0 radical (unpaired) electrons. The van der Waals surface area contributed by atoms with E-state index in [1.54, 1.807) is 12.5 Å². The van der Waals surface area contributed by atoms with E-state index >= 15 is 0 Å². The summed E-state index contributed by atoms with van der Waals surface area (Å²) in [5, 5.41) is 2.76. The van der Waals surface area contributed by atoms with Crippen molar-refractivity contribution in [3.05, 3.63) is 47.8 Å². The molecule has 23 heavy (non-hydrogen) atoms. The molecule has 6 nitrogen and oxygen atoms in total. The van der Waals surface area contributed by atoms with Gasteiger partial charge in [-0.3, -0.25) is 4.98 Å². The Labute approximate surface area is 136 Å². The number of rotatable bonds is 5. The largest absolute Gasteiger partial charge is 0.444 e. The summed E-state index contributed by atoms with van der Waals surface area (Å²) in [5.41, 5.74) is 2.74. The molecule has 2 aromatic rings. The summed E-state index contributed by atoms with van der Waals surface area (Å²) in [6, 6.07) is 3.97. The van der Waals surface area contributed by atoms with Crippen LogP contribution in [0.25, 0.3) is 0 Å². The molecule has 2 heterocycles. The number of carbonyl (C=O) groups excluding carboxylic acids is 1. The number of hydrogen-bond donors (Lipinski definition) is 1. The second-order valence-electron chi connectivity index (χ2n) is 6.46. The highest BCUT2D eigenvalue weighted by Gasteiger charge is 2.15. The van der Waals surface area contributed by atoms with Gasteiger partial charge in [0.1, 0.15) is 5.60 Å². The zero-order valence-electron chi connectivity index (χ0n) is 14.2. The Morgan fingerprint density at radius 3 is 2.87 bits per heavy atom. The van der Waals surface area contributed by atoms with Gasteiger partial charge in [-0.25, -0.2) is 9.78 Å². The van der Waals surface area contributed by atoms with Crippen molar-refractivity contribution in [2.24, 2.45) is 0 Å². The normalized spacial score (nSPS) is 11.3. The highest BCUT2D eigenvalue weighted by Crippen LogP contribution is 2.09. The number of nitrogens with zero attached hydrogens (tertiary/aromatic N) is 3. The molecule has 0 aliphatic rings. The summed E-state index contributed by atoms with van der Waals surface area (Å²) in [7, 11) is 0. The lowest BCUT2D eigenvalue weighted by Crippen LogP contribution is -2.33. The quantitative estimate of drug-likeness (QED) is 0.921. The van der Waals surface area contributed by atoms with Crippen molar-refractivity contribution in [3.63, 3.8) is 0 Å². The van der Waals surface area contributed by atoms with Crippen LogP contribution < -0.4 is 5.32 Å². The fraction of sp³-hybridized carbons (Fsp3) is 0.471. The number of pyridine rings is 1. The fourth-order valence-corrected chi connectivity index (χ4v) is 2.15. The molecule has 1 N–H and O–H groups in total. The molecule has 0 unspecified atom stereocenters. The van der Waals surface area contributed by atoms with Gasteiger partial charge in [-0.2, -0.15) is 0 Å². The van der Waals surface area contributed by atoms with Crippen LogP contribution in [-0.4, -0.2) is 32.8 Å². The summed E-state index contributed by atoms with van der Waals surface area (Å²) < 4.78 is 7.26. The van der Waals surface area contributed by atoms with E-state index in [1.165, 1.54) is 0 Å². The van der Waals surface area contributed by atoms with Crippen LogP contribution >= 0.6 is 0 Å². The lowest BCUT2D eigenvalue weighted by atomic mass is 10.2. The average Bonchev–Trinajstić information content (AvgIpc) is 2.87. The third-order valence-electron chi connectivity index (χ3n) is 3.29. The number of aromatic nitrogens is 3. The second-order valence-corrected chi connectivity index (χ2v) is 6.46. The van der Waals surface area contributed by atoms with E-state index in [1.807, 2.05) is 50.6 Å². The minimum atomic E-state index is -0.484. The van der Waals surface area contributed by atoms with Crippen LogP contribution in [0, 0.1) is 6.92 Å². The topological polar surface area (TPSA) is 69.0 Å². The Morgan fingerprint density at radius 1 is 1.39 bits per heavy atom. The molecule has 0 saturated heterocycles. The van der Waals surface area contributed by atoms with Crippen LogP contribution in [0.1, 0.15) is 37.7 Å². The van der Waals surface area contributed by atoms with Crippen molar-refractivity contribution in [1.82, 2.24) is 19.9 Å².